The second kappa shape index (κ2) is 3.59. The fraction of sp³-hybridized carbons (Fsp3) is 0.125. The summed E-state index contributed by atoms with van der Waals surface area (Å²) >= 11 is 5.70. The lowest BCUT2D eigenvalue weighted by Gasteiger charge is -1.97. The van der Waals surface area contributed by atoms with Gasteiger partial charge in [-0.3, -0.25) is 0 Å². The van der Waals surface area contributed by atoms with E-state index in [4.69, 9.17) is 11.6 Å². The first-order valence-electron chi connectivity index (χ1n) is 2.94. The molecule has 53 valence electrons. The van der Waals surface area contributed by atoms with Gasteiger partial charge in [-0.15, -0.1) is 0 Å². The zero-order valence-electron chi connectivity index (χ0n) is 5.51. The molecule has 0 aliphatic carbocycles. The molecule has 0 unspecified atom stereocenters. The standard InChI is InChI=1S/C8H8ClO/c1-10-6-7-3-2-4-8(9)5-7/h2-5H,1,6H2. The molecule has 1 aromatic carbocycles. The molecule has 1 nitrogen and oxygen atoms in total. The molecule has 0 spiro atoms. The maximum atomic E-state index is 5.70. The quantitative estimate of drug-likeness (QED) is 0.638. The van der Waals surface area contributed by atoms with E-state index in [0.29, 0.717) is 6.61 Å². The van der Waals surface area contributed by atoms with Gasteiger partial charge in [0.1, 0.15) is 0 Å². The van der Waals surface area contributed by atoms with Crippen LogP contribution in [0.5, 0.6) is 0 Å². The third kappa shape index (κ3) is 2.01. The van der Waals surface area contributed by atoms with E-state index >= 15 is 0 Å². The fourth-order valence-corrected chi connectivity index (χ4v) is 0.957. The van der Waals surface area contributed by atoms with Crippen molar-refractivity contribution in [3.8, 4) is 0 Å². The van der Waals surface area contributed by atoms with Gasteiger partial charge in [-0.05, 0) is 17.7 Å². The van der Waals surface area contributed by atoms with Crippen molar-refractivity contribution < 1.29 is 4.74 Å². The van der Waals surface area contributed by atoms with Gasteiger partial charge in [0.25, 0.3) is 0 Å². The van der Waals surface area contributed by atoms with Crippen LogP contribution in [0.25, 0.3) is 0 Å². The van der Waals surface area contributed by atoms with Gasteiger partial charge in [-0.2, -0.15) is 0 Å². The lowest BCUT2D eigenvalue weighted by atomic mass is 10.2. The van der Waals surface area contributed by atoms with Crippen LogP contribution in [0.2, 0.25) is 5.02 Å². The number of hydrogen-bond acceptors (Lipinski definition) is 1. The Kier molecular flexibility index (Phi) is 2.72. The Balaban J connectivity index is 2.75. The Morgan fingerprint density at radius 2 is 2.30 bits per heavy atom. The summed E-state index contributed by atoms with van der Waals surface area (Å²) in [7, 11) is 3.27. The molecule has 0 aromatic heterocycles. The molecule has 1 radical (unpaired) electrons. The lowest BCUT2D eigenvalue weighted by Crippen LogP contribution is -1.83. The van der Waals surface area contributed by atoms with Gasteiger partial charge in [-0.25, -0.2) is 0 Å². The van der Waals surface area contributed by atoms with Crippen LogP contribution in [0.15, 0.2) is 24.3 Å². The van der Waals surface area contributed by atoms with Gasteiger partial charge in [0.15, 0.2) is 0 Å². The Bertz CT molecular complexity index is 210. The first-order valence-corrected chi connectivity index (χ1v) is 3.32. The molecule has 0 fully saturated rings. The van der Waals surface area contributed by atoms with Crippen LogP contribution in [0.1, 0.15) is 5.56 Å². The zero-order valence-corrected chi connectivity index (χ0v) is 6.27. The third-order valence-corrected chi connectivity index (χ3v) is 1.39. The predicted molar refractivity (Wildman–Crippen MR) is 41.6 cm³/mol. The molecule has 10 heavy (non-hydrogen) atoms. The van der Waals surface area contributed by atoms with Gasteiger partial charge >= 0.3 is 0 Å². The van der Waals surface area contributed by atoms with Crippen LogP contribution in [0.4, 0.5) is 0 Å². The molecule has 0 heterocycles. The fourth-order valence-electron chi connectivity index (χ4n) is 0.745. The highest BCUT2D eigenvalue weighted by Crippen LogP contribution is 2.10. The largest absolute Gasteiger partial charge is 0.374 e. The Morgan fingerprint density at radius 1 is 1.50 bits per heavy atom. The SMILES string of the molecule is [CH2]OCc1cccc(Cl)c1. The van der Waals surface area contributed by atoms with E-state index in [2.05, 4.69) is 11.8 Å². The Morgan fingerprint density at radius 3 is 2.90 bits per heavy atom. The maximum Gasteiger partial charge on any atom is 0.0718 e. The molecule has 0 N–H and O–H groups in total. The first kappa shape index (κ1) is 7.58. The molecule has 0 saturated carbocycles. The van der Waals surface area contributed by atoms with E-state index < -0.39 is 0 Å². The van der Waals surface area contributed by atoms with Crippen molar-refractivity contribution >= 4 is 11.6 Å². The van der Waals surface area contributed by atoms with E-state index in [9.17, 15) is 0 Å². The van der Waals surface area contributed by atoms with Gasteiger partial charge in [0.2, 0.25) is 0 Å². The summed E-state index contributed by atoms with van der Waals surface area (Å²) < 4.78 is 4.67. The predicted octanol–water partition coefficient (Wildman–Crippen LogP) is 2.65. The summed E-state index contributed by atoms with van der Waals surface area (Å²) in [6, 6.07) is 7.51. The summed E-state index contributed by atoms with van der Waals surface area (Å²) in [6.07, 6.45) is 0. The van der Waals surface area contributed by atoms with E-state index in [1.54, 1.807) is 0 Å². The van der Waals surface area contributed by atoms with Crippen molar-refractivity contribution in [1.82, 2.24) is 0 Å². The Hall–Kier alpha value is -0.530. The van der Waals surface area contributed by atoms with E-state index in [1.165, 1.54) is 0 Å². The molecule has 0 aliphatic rings. The van der Waals surface area contributed by atoms with Gasteiger partial charge in [0, 0.05) is 5.02 Å². The number of hydrogen-bond donors (Lipinski definition) is 0. The highest BCUT2D eigenvalue weighted by Gasteiger charge is 1.90. The second-order valence-electron chi connectivity index (χ2n) is 1.98. The van der Waals surface area contributed by atoms with Crippen molar-refractivity contribution in [2.75, 3.05) is 0 Å². The molecule has 2 heteroatoms. The lowest BCUT2D eigenvalue weighted by molar-refractivity contribution is 0.229. The van der Waals surface area contributed by atoms with Crippen LogP contribution in [0, 0.1) is 7.11 Å². The van der Waals surface area contributed by atoms with Crippen LogP contribution in [-0.2, 0) is 11.3 Å². The minimum absolute atomic E-state index is 0.514. The molecular formula is C8H8ClO. The highest BCUT2D eigenvalue weighted by molar-refractivity contribution is 6.30. The zero-order chi connectivity index (χ0) is 7.40. The van der Waals surface area contributed by atoms with Crippen molar-refractivity contribution in [3.05, 3.63) is 42.0 Å². The number of ether oxygens (including phenoxy) is 1. The first-order chi connectivity index (χ1) is 4.83. The highest BCUT2D eigenvalue weighted by atomic mass is 35.5. The molecule has 1 rings (SSSR count). The van der Waals surface area contributed by atoms with E-state index in [-0.39, 0.29) is 0 Å². The van der Waals surface area contributed by atoms with Crippen molar-refractivity contribution in [3.63, 3.8) is 0 Å². The number of rotatable bonds is 2. The minimum Gasteiger partial charge on any atom is -0.374 e. The summed E-state index contributed by atoms with van der Waals surface area (Å²) in [5, 5.41) is 0.731. The third-order valence-electron chi connectivity index (χ3n) is 1.16. The van der Waals surface area contributed by atoms with Crippen molar-refractivity contribution in [2.24, 2.45) is 0 Å². The molecule has 0 atom stereocenters. The average Bonchev–Trinajstić information content (AvgIpc) is 1.88. The van der Waals surface area contributed by atoms with Crippen LogP contribution >= 0.6 is 11.6 Å². The van der Waals surface area contributed by atoms with Gasteiger partial charge in [-0.1, -0.05) is 23.7 Å². The molecule has 1 aromatic rings. The summed E-state index contributed by atoms with van der Waals surface area (Å²) in [5.74, 6) is 0. The summed E-state index contributed by atoms with van der Waals surface area (Å²) in [5.41, 5.74) is 1.04. The molecule has 0 amide bonds. The number of benzene rings is 1. The molecular weight excluding hydrogens is 148 g/mol. The monoisotopic (exact) mass is 155 g/mol. The minimum atomic E-state index is 0.514. The van der Waals surface area contributed by atoms with E-state index in [0.717, 1.165) is 10.6 Å². The Labute approximate surface area is 65.6 Å². The average molecular weight is 156 g/mol. The van der Waals surface area contributed by atoms with Crippen LogP contribution in [0.3, 0.4) is 0 Å². The molecule has 0 saturated heterocycles. The van der Waals surface area contributed by atoms with Crippen LogP contribution in [-0.4, -0.2) is 0 Å². The molecule has 0 aliphatic heterocycles. The van der Waals surface area contributed by atoms with Crippen molar-refractivity contribution in [2.45, 2.75) is 6.61 Å². The smallest absolute Gasteiger partial charge is 0.0718 e. The van der Waals surface area contributed by atoms with Gasteiger partial charge in [0.05, 0.1) is 13.7 Å². The molecule has 0 bridgehead atoms. The van der Waals surface area contributed by atoms with Crippen molar-refractivity contribution in [1.29, 1.82) is 0 Å². The van der Waals surface area contributed by atoms with E-state index in [1.807, 2.05) is 24.3 Å². The van der Waals surface area contributed by atoms with Gasteiger partial charge < -0.3 is 4.74 Å². The topological polar surface area (TPSA) is 9.23 Å². The summed E-state index contributed by atoms with van der Waals surface area (Å²) in [4.78, 5) is 0. The normalized spacial score (nSPS) is 9.80. The number of halogens is 1. The van der Waals surface area contributed by atoms with Crippen LogP contribution < -0.4 is 0 Å². The summed E-state index contributed by atoms with van der Waals surface area (Å²) in [6.45, 7) is 0.514. The maximum absolute atomic E-state index is 5.70. The second-order valence-corrected chi connectivity index (χ2v) is 2.41.